The summed E-state index contributed by atoms with van der Waals surface area (Å²) in [5.41, 5.74) is -2.00. The maximum absolute atomic E-state index is 15.1. The van der Waals surface area contributed by atoms with Gasteiger partial charge in [0.15, 0.2) is 0 Å². The zero-order valence-electron chi connectivity index (χ0n) is 69.3. The van der Waals surface area contributed by atoms with Crippen LogP contribution in [0.25, 0.3) is 0 Å². The lowest BCUT2D eigenvalue weighted by Gasteiger charge is -2.32. The highest BCUT2D eigenvalue weighted by Crippen LogP contribution is 2.46. The van der Waals surface area contributed by atoms with Crippen molar-refractivity contribution in [3.63, 3.8) is 0 Å². The quantitative estimate of drug-likeness (QED) is 0.0364. The lowest BCUT2D eigenvalue weighted by atomic mass is 10.0. The number of anilines is 6. The fourth-order valence-electron chi connectivity index (χ4n) is 14.7. The van der Waals surface area contributed by atoms with Crippen molar-refractivity contribution in [2.75, 3.05) is 119 Å². The molecule has 9 aromatic rings. The number of benzene rings is 6. The standard InChI is InChI=1S/C28H28ClF3N6O4.C28H27F5N6O4.C28H28F4N6O4/c1-37-9-7-16(8-10-37)34-24(39)17-11-22(41-3)20(12-19(17)29)35-27-33-13-18(28(30,31)32)25(36-27)42-21-6-4-5-15-14-38(2)26(40)23(15)21;1-38-8-7-19(18(30)13-38)35-24(40)15-9-22(42-3)20(10-17(15)29)36-27-34-11-16(28(31,32)33)25(37-27)43-21-6-4-5-14-12-39(2)26(41)23(14)21;1-37-9-7-16(8-10-37)34-24(39)17-11-22(41-3)20(12-19(17)29)35-27-33-13-18(28(30,31)32)25(36-27)42-21-6-4-5-15-14-38(2)26(40)23(15)21/h4-6,11-13,16H,7-10,14H2,1-3H3,(H,34,39)(H,33,35,36);4-6,9-11,18-19H,7-8,12-13H2,1-3H3,(H,35,40)(H,34,36,37);4-6,11-13,16H,7-10,14H2,1-3H3,(H,34,39)(H,33,35,36)/t;18-,19+;/m.1./s1. The van der Waals surface area contributed by atoms with Gasteiger partial charge < -0.3 is 89.7 Å². The highest BCUT2D eigenvalue weighted by molar-refractivity contribution is 6.34. The minimum Gasteiger partial charge on any atom is -0.495 e. The van der Waals surface area contributed by atoms with Crippen LogP contribution in [0.3, 0.4) is 0 Å². The van der Waals surface area contributed by atoms with Gasteiger partial charge >= 0.3 is 18.5 Å². The minimum absolute atomic E-state index is 0.00840. The lowest BCUT2D eigenvalue weighted by Crippen LogP contribution is -2.51. The van der Waals surface area contributed by atoms with E-state index in [2.05, 4.69) is 71.6 Å². The second-order valence-corrected chi connectivity index (χ2v) is 31.0. The van der Waals surface area contributed by atoms with Gasteiger partial charge in [0, 0.05) is 96.7 Å². The summed E-state index contributed by atoms with van der Waals surface area (Å²) in [6.07, 6.45) is -10.9. The van der Waals surface area contributed by atoms with Gasteiger partial charge in [-0.25, -0.2) is 28.1 Å². The maximum atomic E-state index is 15.1. The lowest BCUT2D eigenvalue weighted by molar-refractivity contribution is -0.140. The van der Waals surface area contributed by atoms with Gasteiger partial charge in [0.1, 0.15) is 69.0 Å². The van der Waals surface area contributed by atoms with Gasteiger partial charge in [-0.2, -0.15) is 54.5 Å². The van der Waals surface area contributed by atoms with Crippen molar-refractivity contribution < 1.29 is 110 Å². The highest BCUT2D eigenvalue weighted by atomic mass is 35.5. The van der Waals surface area contributed by atoms with Crippen LogP contribution in [0.4, 0.5) is 87.6 Å². The molecule has 672 valence electrons. The van der Waals surface area contributed by atoms with Gasteiger partial charge in [0.05, 0.1) is 82.8 Å². The fraction of sp³-hybridized carbons (Fsp3) is 0.357. The number of carbonyl (C=O) groups is 6. The van der Waals surface area contributed by atoms with Crippen molar-refractivity contribution in [2.45, 2.75) is 94.6 Å². The molecule has 6 amide bonds. The number of nitrogens with one attached hydrogen (secondary N) is 6. The number of fused-ring (bicyclic) bond motifs is 3. The van der Waals surface area contributed by atoms with Crippen LogP contribution in [0.1, 0.15) is 128 Å². The van der Waals surface area contributed by atoms with E-state index >= 15 is 8.78 Å². The van der Waals surface area contributed by atoms with E-state index in [1.807, 2.05) is 14.1 Å². The summed E-state index contributed by atoms with van der Waals surface area (Å²) < 4.78 is 202. The summed E-state index contributed by atoms with van der Waals surface area (Å²) in [5, 5.41) is 16.5. The molecular weight excluding hydrogens is 1720 g/mol. The first kappa shape index (κ1) is 91.6. The molecule has 30 nitrogen and oxygen atoms in total. The topological polar surface area (TPSA) is 327 Å². The van der Waals surface area contributed by atoms with E-state index in [-0.39, 0.29) is 140 Å². The number of alkyl halides is 10. The predicted molar refractivity (Wildman–Crippen MR) is 436 cm³/mol. The summed E-state index contributed by atoms with van der Waals surface area (Å²) >= 11 is 6.45. The van der Waals surface area contributed by atoms with Crippen LogP contribution in [0.15, 0.2) is 110 Å². The van der Waals surface area contributed by atoms with Crippen molar-refractivity contribution in [3.8, 4) is 52.1 Å². The zero-order valence-corrected chi connectivity index (χ0v) is 70.0. The zero-order chi connectivity index (χ0) is 91.4. The number of methoxy groups -OCH3 is 3. The predicted octanol–water partition coefficient (Wildman–Crippen LogP) is 14.2. The average Bonchev–Trinajstić information content (AvgIpc) is 1.70. The van der Waals surface area contributed by atoms with Crippen LogP contribution in [-0.4, -0.2) is 222 Å². The number of rotatable bonds is 21. The molecule has 0 unspecified atom stereocenters. The molecule has 6 aliphatic heterocycles. The number of hydrogen-bond acceptors (Lipinski definition) is 24. The van der Waals surface area contributed by atoms with E-state index < -0.39 is 112 Å². The van der Waals surface area contributed by atoms with Gasteiger partial charge in [-0.15, -0.1) is 0 Å². The Kier molecular flexibility index (Phi) is 27.4. The molecule has 0 spiro atoms. The fourth-order valence-corrected chi connectivity index (χ4v) is 15.0. The number of carbonyl (C=O) groups excluding carboxylic acids is 6. The third-order valence-corrected chi connectivity index (χ3v) is 21.9. The van der Waals surface area contributed by atoms with E-state index in [0.717, 1.165) is 70.1 Å². The second kappa shape index (κ2) is 38.0. The summed E-state index contributed by atoms with van der Waals surface area (Å²) in [6, 6.07) is 20.0. The number of likely N-dealkylation sites (tertiary alicyclic amines) is 3. The molecule has 3 saturated heterocycles. The Morgan fingerprint density at radius 3 is 1.07 bits per heavy atom. The Balaban J connectivity index is 0.000000163. The van der Waals surface area contributed by atoms with Crippen LogP contribution in [0, 0.1) is 11.6 Å². The van der Waals surface area contributed by atoms with Crippen LogP contribution >= 0.6 is 11.6 Å². The number of amides is 6. The van der Waals surface area contributed by atoms with Crippen molar-refractivity contribution in [1.29, 1.82) is 0 Å². The normalized spacial score (nSPS) is 16.9. The summed E-state index contributed by atoms with van der Waals surface area (Å²) in [7, 11) is 14.4. The SMILES string of the molecule is COc1cc(C(=O)NC2CCN(C)CC2)c(Cl)cc1Nc1ncc(C(F)(F)F)c(Oc2cccc3c2C(=O)N(C)C3)n1.COc1cc(C(=O)NC2CCN(C)CC2)c(F)cc1Nc1ncc(C(F)(F)F)c(Oc2cccc3c2C(=O)N(C)C3)n1.COc1cc(C(=O)N[C@H]2CCN(C)C[C@H]2F)c(F)cc1Nc1ncc(C(F)(F)F)c(Oc2cccc3c2C(=O)N(C)C3)n1. The molecule has 3 fully saturated rings. The molecule has 9 heterocycles. The molecule has 6 aromatic carbocycles. The molecule has 6 aliphatic rings. The Morgan fingerprint density at radius 2 is 0.740 bits per heavy atom. The maximum Gasteiger partial charge on any atom is 0.423 e. The van der Waals surface area contributed by atoms with Gasteiger partial charge in [0.2, 0.25) is 35.5 Å². The second-order valence-electron chi connectivity index (χ2n) is 30.6. The number of aromatic nitrogens is 6. The van der Waals surface area contributed by atoms with E-state index in [0.29, 0.717) is 54.8 Å². The Labute approximate surface area is 722 Å². The minimum atomic E-state index is -4.90. The molecule has 0 saturated carbocycles. The Bertz CT molecular complexity index is 5480. The van der Waals surface area contributed by atoms with Crippen LogP contribution in [0.5, 0.6) is 52.1 Å². The average molecular weight is 1800 g/mol. The summed E-state index contributed by atoms with van der Waals surface area (Å²) in [6.45, 7) is 4.87. The first-order valence-corrected chi connectivity index (χ1v) is 39.7. The number of ether oxygens (including phenoxy) is 6. The third-order valence-electron chi connectivity index (χ3n) is 21.5. The molecule has 6 N–H and O–H groups in total. The van der Waals surface area contributed by atoms with Crippen LogP contribution in [-0.2, 0) is 38.2 Å². The van der Waals surface area contributed by atoms with Crippen LogP contribution < -0.4 is 60.3 Å². The van der Waals surface area contributed by atoms with Crippen molar-refractivity contribution in [3.05, 3.63) is 193 Å². The number of piperidine rings is 3. The van der Waals surface area contributed by atoms with Gasteiger partial charge in [-0.3, -0.25) is 28.8 Å². The summed E-state index contributed by atoms with van der Waals surface area (Å²) in [4.78, 5) is 110. The molecule has 0 bridgehead atoms. The molecule has 127 heavy (non-hydrogen) atoms. The highest BCUT2D eigenvalue weighted by Gasteiger charge is 2.43. The van der Waals surface area contributed by atoms with Crippen molar-refractivity contribution >= 4 is 82.0 Å². The number of hydrogen-bond donors (Lipinski definition) is 6. The first-order valence-electron chi connectivity index (χ1n) is 39.3. The molecule has 15 rings (SSSR count). The molecule has 0 aliphatic carbocycles. The smallest absolute Gasteiger partial charge is 0.423 e. The Hall–Kier alpha value is -13.1. The van der Waals surface area contributed by atoms with E-state index in [4.69, 9.17) is 40.0 Å². The van der Waals surface area contributed by atoms with E-state index in [1.165, 1.54) is 72.4 Å². The van der Waals surface area contributed by atoms with Gasteiger partial charge in [0.25, 0.3) is 35.4 Å². The van der Waals surface area contributed by atoms with Gasteiger partial charge in [-0.05, 0) is 139 Å². The molecular formula is C84H83ClF12N18O12. The first-order chi connectivity index (χ1) is 60.2. The number of nitrogens with zero attached hydrogens (tertiary/aromatic N) is 12. The number of halogens is 13. The third kappa shape index (κ3) is 21.0. The van der Waals surface area contributed by atoms with Crippen molar-refractivity contribution in [2.24, 2.45) is 0 Å². The molecule has 3 aromatic heterocycles. The molecule has 0 radical (unpaired) electrons. The molecule has 2 atom stereocenters. The Morgan fingerprint density at radius 1 is 0.425 bits per heavy atom. The van der Waals surface area contributed by atoms with E-state index in [9.17, 15) is 72.7 Å². The van der Waals surface area contributed by atoms with Crippen LogP contribution in [0.2, 0.25) is 5.02 Å². The monoisotopic (exact) mass is 1800 g/mol. The van der Waals surface area contributed by atoms with Gasteiger partial charge in [-0.1, -0.05) is 48.0 Å². The molecule has 43 heteroatoms. The van der Waals surface area contributed by atoms with Crippen molar-refractivity contribution in [1.82, 2.24) is 75.3 Å². The largest absolute Gasteiger partial charge is 0.495 e. The summed E-state index contributed by atoms with van der Waals surface area (Å²) in [5.74, 6) is -8.61. The van der Waals surface area contributed by atoms with E-state index in [1.54, 1.807) is 69.5 Å².